The average Bonchev–Trinajstić information content (AvgIpc) is 3.36. The second-order valence-electron chi connectivity index (χ2n) is 6.97. The molecular weight excluding hydrogens is 444 g/mol. The van der Waals surface area contributed by atoms with E-state index in [9.17, 15) is 4.79 Å². The van der Waals surface area contributed by atoms with E-state index in [0.717, 1.165) is 39.0 Å². The quantitative estimate of drug-likeness (QED) is 0.410. The van der Waals surface area contributed by atoms with E-state index >= 15 is 0 Å². The van der Waals surface area contributed by atoms with E-state index in [1.165, 1.54) is 11.3 Å². The molecule has 2 aromatic heterocycles. The number of rotatable bonds is 6. The molecule has 8 nitrogen and oxygen atoms in total. The lowest BCUT2D eigenvalue weighted by Crippen LogP contribution is -2.34. The smallest absolute Gasteiger partial charge is 0.257 e. The molecule has 0 aliphatic rings. The van der Waals surface area contributed by atoms with Gasteiger partial charge in [0.15, 0.2) is 10.9 Å². The van der Waals surface area contributed by atoms with Gasteiger partial charge in [-0.05, 0) is 55.9 Å². The van der Waals surface area contributed by atoms with Crippen LogP contribution < -0.4 is 15.4 Å². The monoisotopic (exact) mass is 466 g/mol. The van der Waals surface area contributed by atoms with Crippen molar-refractivity contribution in [1.29, 1.82) is 0 Å². The Kier molecular flexibility index (Phi) is 6.42. The summed E-state index contributed by atoms with van der Waals surface area (Å²) in [6.07, 6.45) is 0.756. The van der Waals surface area contributed by atoms with E-state index in [1.807, 2.05) is 39.0 Å². The predicted molar refractivity (Wildman–Crippen MR) is 130 cm³/mol. The summed E-state index contributed by atoms with van der Waals surface area (Å²) in [6, 6.07) is 12.9. The lowest BCUT2D eigenvalue weighted by Gasteiger charge is -2.13. The Bertz CT molecular complexity index is 1300. The maximum absolute atomic E-state index is 12.6. The van der Waals surface area contributed by atoms with Crippen LogP contribution in [0, 0.1) is 6.92 Å². The van der Waals surface area contributed by atoms with E-state index in [4.69, 9.17) is 17.0 Å². The summed E-state index contributed by atoms with van der Waals surface area (Å²) in [6.45, 7) is 6.41. The molecule has 0 aliphatic carbocycles. The van der Waals surface area contributed by atoms with Crippen molar-refractivity contribution in [1.82, 2.24) is 25.1 Å². The van der Waals surface area contributed by atoms with Crippen molar-refractivity contribution in [3.63, 3.8) is 0 Å². The number of thiocarbonyl (C=S) groups is 1. The number of nitrogens with zero attached hydrogens (tertiary/aromatic N) is 4. The fourth-order valence-corrected chi connectivity index (χ4v) is 4.16. The van der Waals surface area contributed by atoms with Gasteiger partial charge >= 0.3 is 0 Å². The normalized spacial score (nSPS) is 10.8. The van der Waals surface area contributed by atoms with Crippen molar-refractivity contribution in [2.45, 2.75) is 27.2 Å². The second-order valence-corrected chi connectivity index (χ2v) is 8.33. The molecule has 10 heteroatoms. The van der Waals surface area contributed by atoms with E-state index in [-0.39, 0.29) is 11.0 Å². The molecule has 0 bridgehead atoms. The Morgan fingerprint density at radius 2 is 2.03 bits per heavy atom. The molecule has 2 aromatic carbocycles. The van der Waals surface area contributed by atoms with Crippen LogP contribution in [0.1, 0.15) is 35.6 Å². The van der Waals surface area contributed by atoms with Gasteiger partial charge in [0.05, 0.1) is 6.61 Å². The molecule has 164 valence electrons. The fraction of sp³-hybridized carbons (Fsp3) is 0.227. The molecule has 2 N–H and O–H groups in total. The Labute approximate surface area is 194 Å². The van der Waals surface area contributed by atoms with Gasteiger partial charge in [0, 0.05) is 23.2 Å². The Hall–Kier alpha value is -3.37. The van der Waals surface area contributed by atoms with Crippen molar-refractivity contribution in [2.75, 3.05) is 11.9 Å². The van der Waals surface area contributed by atoms with Gasteiger partial charge in [-0.1, -0.05) is 36.5 Å². The van der Waals surface area contributed by atoms with E-state index in [2.05, 4.69) is 25.9 Å². The van der Waals surface area contributed by atoms with Gasteiger partial charge in [0.1, 0.15) is 10.8 Å². The summed E-state index contributed by atoms with van der Waals surface area (Å²) >= 11 is 6.85. The van der Waals surface area contributed by atoms with Gasteiger partial charge in [0.2, 0.25) is 4.96 Å². The largest absolute Gasteiger partial charge is 0.494 e. The van der Waals surface area contributed by atoms with Crippen LogP contribution in [-0.4, -0.2) is 37.4 Å². The number of carbonyl (C=O) groups excluding carboxylic acids is 1. The molecule has 0 radical (unpaired) electrons. The second kappa shape index (κ2) is 9.41. The summed E-state index contributed by atoms with van der Waals surface area (Å²) in [5.41, 5.74) is 3.17. The molecule has 0 spiro atoms. The minimum atomic E-state index is -0.307. The van der Waals surface area contributed by atoms with Crippen molar-refractivity contribution >= 4 is 45.2 Å². The van der Waals surface area contributed by atoms with Crippen LogP contribution in [0.5, 0.6) is 5.75 Å². The third-order valence-corrected chi connectivity index (χ3v) is 5.89. The number of ether oxygens (including phenoxy) is 1. The molecule has 1 amide bonds. The minimum absolute atomic E-state index is 0.212. The number of amides is 1. The minimum Gasteiger partial charge on any atom is -0.494 e. The topological polar surface area (TPSA) is 93.4 Å². The average molecular weight is 467 g/mol. The molecule has 0 unspecified atom stereocenters. The first kappa shape index (κ1) is 21.8. The van der Waals surface area contributed by atoms with Crippen LogP contribution in [-0.2, 0) is 6.42 Å². The van der Waals surface area contributed by atoms with Crippen molar-refractivity contribution in [3.8, 4) is 16.3 Å². The Balaban J connectivity index is 1.50. The SMILES string of the molecule is CCOc1cccc(C(=O)NC(=S)Nc2cc(-c3nn4c(CC)nnc4s3)ccc2C)c1. The van der Waals surface area contributed by atoms with E-state index < -0.39 is 0 Å². The van der Waals surface area contributed by atoms with Gasteiger partial charge in [-0.3, -0.25) is 10.1 Å². The third kappa shape index (κ3) is 4.61. The molecule has 4 rings (SSSR count). The van der Waals surface area contributed by atoms with Crippen LogP contribution in [0.4, 0.5) is 5.69 Å². The summed E-state index contributed by atoms with van der Waals surface area (Å²) in [5.74, 6) is 1.16. The molecule has 0 atom stereocenters. The van der Waals surface area contributed by atoms with Gasteiger partial charge in [-0.15, -0.1) is 10.2 Å². The number of benzene rings is 2. The van der Waals surface area contributed by atoms with Crippen molar-refractivity contribution in [2.24, 2.45) is 0 Å². The molecule has 0 saturated heterocycles. The number of hydrogen-bond donors (Lipinski definition) is 2. The zero-order valence-corrected chi connectivity index (χ0v) is 19.5. The molecule has 0 fully saturated rings. The zero-order chi connectivity index (χ0) is 22.7. The van der Waals surface area contributed by atoms with E-state index in [0.29, 0.717) is 17.9 Å². The molecule has 2 heterocycles. The summed E-state index contributed by atoms with van der Waals surface area (Å²) in [4.78, 5) is 13.3. The van der Waals surface area contributed by atoms with Crippen molar-refractivity contribution in [3.05, 3.63) is 59.4 Å². The van der Waals surface area contributed by atoms with Gasteiger partial charge in [-0.25, -0.2) is 0 Å². The molecule has 32 heavy (non-hydrogen) atoms. The van der Waals surface area contributed by atoms with Crippen LogP contribution in [0.3, 0.4) is 0 Å². The van der Waals surface area contributed by atoms with Crippen LogP contribution >= 0.6 is 23.6 Å². The lowest BCUT2D eigenvalue weighted by atomic mass is 10.1. The highest BCUT2D eigenvalue weighted by Crippen LogP contribution is 2.29. The van der Waals surface area contributed by atoms with E-state index in [1.54, 1.807) is 28.8 Å². The highest BCUT2D eigenvalue weighted by Gasteiger charge is 2.14. The lowest BCUT2D eigenvalue weighted by molar-refractivity contribution is 0.0977. The maximum atomic E-state index is 12.6. The highest BCUT2D eigenvalue weighted by atomic mass is 32.1. The standard InChI is InChI=1S/C22H22N6O2S2/c1-4-18-25-26-22-28(18)27-20(32-22)15-10-9-13(3)17(12-15)23-21(31)24-19(29)14-7-6-8-16(11-14)30-5-2/h6-12H,4-5H2,1-3H3,(H2,23,24,29,31). The zero-order valence-electron chi connectivity index (χ0n) is 17.9. The molecule has 0 aliphatic heterocycles. The first-order chi connectivity index (χ1) is 15.5. The predicted octanol–water partition coefficient (Wildman–Crippen LogP) is 4.25. The number of anilines is 1. The van der Waals surface area contributed by atoms with Crippen LogP contribution in [0.15, 0.2) is 42.5 Å². The van der Waals surface area contributed by atoms with Gasteiger partial charge in [-0.2, -0.15) is 9.61 Å². The summed E-state index contributed by atoms with van der Waals surface area (Å²) < 4.78 is 7.23. The molecule has 0 saturated carbocycles. The van der Waals surface area contributed by atoms with Crippen molar-refractivity contribution < 1.29 is 9.53 Å². The Morgan fingerprint density at radius 3 is 2.81 bits per heavy atom. The number of hydrogen-bond acceptors (Lipinski definition) is 7. The maximum Gasteiger partial charge on any atom is 0.257 e. The first-order valence-electron chi connectivity index (χ1n) is 10.2. The number of aromatic nitrogens is 4. The number of fused-ring (bicyclic) bond motifs is 1. The number of aryl methyl sites for hydroxylation is 2. The molecular formula is C22H22N6O2S2. The van der Waals surface area contributed by atoms with Gasteiger partial charge < -0.3 is 10.1 Å². The van der Waals surface area contributed by atoms with Crippen LogP contribution in [0.25, 0.3) is 15.5 Å². The first-order valence-corrected chi connectivity index (χ1v) is 11.4. The number of carbonyl (C=O) groups is 1. The summed E-state index contributed by atoms with van der Waals surface area (Å²) in [5, 5.41) is 19.8. The highest BCUT2D eigenvalue weighted by molar-refractivity contribution is 7.80. The molecule has 4 aromatic rings. The Morgan fingerprint density at radius 1 is 1.19 bits per heavy atom. The summed E-state index contributed by atoms with van der Waals surface area (Å²) in [7, 11) is 0. The van der Waals surface area contributed by atoms with Crippen LogP contribution in [0.2, 0.25) is 0 Å². The van der Waals surface area contributed by atoms with Gasteiger partial charge in [0.25, 0.3) is 5.91 Å². The number of nitrogens with one attached hydrogen (secondary N) is 2. The third-order valence-electron chi connectivity index (χ3n) is 4.74. The fourth-order valence-electron chi connectivity index (χ4n) is 3.11.